The number of amides is 1. The van der Waals surface area contributed by atoms with E-state index < -0.39 is 0 Å². The van der Waals surface area contributed by atoms with Crippen LogP contribution in [0.4, 0.5) is 0 Å². The third-order valence-corrected chi connectivity index (χ3v) is 5.06. The molecular weight excluding hydrogens is 350 g/mol. The molecule has 1 amide bonds. The van der Waals surface area contributed by atoms with Crippen LogP contribution in [0.3, 0.4) is 0 Å². The molecule has 1 aliphatic rings. The van der Waals surface area contributed by atoms with Crippen LogP contribution in [0.5, 0.6) is 11.6 Å². The normalized spacial score (nSPS) is 16.2. The van der Waals surface area contributed by atoms with Gasteiger partial charge in [-0.2, -0.15) is 0 Å². The Labute approximate surface area is 165 Å². The summed E-state index contributed by atoms with van der Waals surface area (Å²) >= 11 is 0. The number of carbonyl (C=O) groups is 1. The molecule has 4 rings (SSSR count). The molecule has 0 N–H and O–H groups in total. The molecule has 2 aromatic heterocycles. The van der Waals surface area contributed by atoms with Gasteiger partial charge in [0.15, 0.2) is 0 Å². The van der Waals surface area contributed by atoms with Crippen molar-refractivity contribution >= 4 is 5.91 Å². The Kier molecular flexibility index (Phi) is 5.33. The van der Waals surface area contributed by atoms with Gasteiger partial charge in [0, 0.05) is 31.4 Å². The molecule has 0 aliphatic carbocycles. The predicted molar refractivity (Wildman–Crippen MR) is 107 cm³/mol. The highest BCUT2D eigenvalue weighted by molar-refractivity contribution is 5.77. The molecule has 3 heterocycles. The second-order valence-corrected chi connectivity index (χ2v) is 6.86. The molecule has 1 aromatic carbocycles. The zero-order valence-electron chi connectivity index (χ0n) is 15.9. The average molecular weight is 373 g/mol. The van der Waals surface area contributed by atoms with E-state index >= 15 is 0 Å². The highest BCUT2D eigenvalue weighted by atomic mass is 16.5. The number of pyridine rings is 2. The van der Waals surface area contributed by atoms with Gasteiger partial charge >= 0.3 is 0 Å². The van der Waals surface area contributed by atoms with Gasteiger partial charge in [-0.3, -0.25) is 9.78 Å². The van der Waals surface area contributed by atoms with Gasteiger partial charge in [-0.05, 0) is 47.7 Å². The number of carbonyl (C=O) groups excluding carboxylic acids is 1. The van der Waals surface area contributed by atoms with Crippen molar-refractivity contribution in [3.63, 3.8) is 0 Å². The quantitative estimate of drug-likeness (QED) is 0.674. The molecule has 5 heteroatoms. The van der Waals surface area contributed by atoms with Crippen LogP contribution in [0, 0.1) is 0 Å². The summed E-state index contributed by atoms with van der Waals surface area (Å²) in [6.45, 7) is 2.66. The number of fused-ring (bicyclic) bond motifs is 1. The van der Waals surface area contributed by atoms with Crippen LogP contribution >= 0.6 is 0 Å². The van der Waals surface area contributed by atoms with Gasteiger partial charge < -0.3 is 9.64 Å². The van der Waals surface area contributed by atoms with E-state index in [1.54, 1.807) is 18.6 Å². The number of rotatable bonds is 4. The van der Waals surface area contributed by atoms with Crippen LogP contribution in [0.1, 0.15) is 42.5 Å². The van der Waals surface area contributed by atoms with Gasteiger partial charge in [0.05, 0.1) is 12.2 Å². The monoisotopic (exact) mass is 373 g/mol. The minimum Gasteiger partial charge on any atom is -0.437 e. The van der Waals surface area contributed by atoms with Gasteiger partial charge in [0.2, 0.25) is 11.8 Å². The van der Waals surface area contributed by atoms with Gasteiger partial charge in [-0.1, -0.05) is 31.2 Å². The minimum atomic E-state index is -0.134. The Morgan fingerprint density at radius 2 is 2.07 bits per heavy atom. The standard InChI is InChI=1S/C23H23N3O2/c1-2-22(27)26-14-6-8-17-7-3-4-10-20(17)23(26)18-11-13-25-21(15-18)28-19-9-5-12-24-16-19/h3-5,7,9-13,15-16,23H,2,6,8,14H2,1H3. The van der Waals surface area contributed by atoms with E-state index in [4.69, 9.17) is 4.74 Å². The number of aryl methyl sites for hydroxylation is 1. The van der Waals surface area contributed by atoms with E-state index in [2.05, 4.69) is 28.2 Å². The molecule has 142 valence electrons. The molecule has 0 spiro atoms. The van der Waals surface area contributed by atoms with Crippen molar-refractivity contribution in [2.24, 2.45) is 0 Å². The molecular formula is C23H23N3O2. The maximum Gasteiger partial charge on any atom is 0.223 e. The second kappa shape index (κ2) is 8.21. The number of aromatic nitrogens is 2. The number of hydrogen-bond acceptors (Lipinski definition) is 4. The zero-order chi connectivity index (χ0) is 19.3. The van der Waals surface area contributed by atoms with Crippen LogP contribution in [0.2, 0.25) is 0 Å². The van der Waals surface area contributed by atoms with Crippen LogP contribution in [-0.2, 0) is 11.2 Å². The number of ether oxygens (including phenoxy) is 1. The largest absolute Gasteiger partial charge is 0.437 e. The average Bonchev–Trinajstić information content (AvgIpc) is 2.94. The number of hydrogen-bond donors (Lipinski definition) is 0. The molecule has 0 saturated heterocycles. The van der Waals surface area contributed by atoms with Crippen LogP contribution in [-0.4, -0.2) is 27.3 Å². The lowest BCUT2D eigenvalue weighted by Gasteiger charge is -2.31. The number of benzene rings is 1. The summed E-state index contributed by atoms with van der Waals surface area (Å²) in [6.07, 6.45) is 7.52. The lowest BCUT2D eigenvalue weighted by atomic mass is 9.93. The fourth-order valence-electron chi connectivity index (χ4n) is 3.78. The summed E-state index contributed by atoms with van der Waals surface area (Å²) in [4.78, 5) is 23.2. The van der Waals surface area contributed by atoms with Crippen molar-refractivity contribution in [3.05, 3.63) is 83.8 Å². The fraction of sp³-hybridized carbons (Fsp3) is 0.261. The molecule has 0 saturated carbocycles. The molecule has 1 unspecified atom stereocenters. The fourth-order valence-corrected chi connectivity index (χ4v) is 3.78. The molecule has 28 heavy (non-hydrogen) atoms. The molecule has 0 radical (unpaired) electrons. The van der Waals surface area contributed by atoms with E-state index in [1.165, 1.54) is 11.1 Å². The molecule has 0 fully saturated rings. The Morgan fingerprint density at radius 1 is 1.18 bits per heavy atom. The van der Waals surface area contributed by atoms with E-state index in [0.29, 0.717) is 18.1 Å². The second-order valence-electron chi connectivity index (χ2n) is 6.86. The van der Waals surface area contributed by atoms with E-state index in [0.717, 1.165) is 24.9 Å². The Hall–Kier alpha value is -3.21. The summed E-state index contributed by atoms with van der Waals surface area (Å²) in [7, 11) is 0. The summed E-state index contributed by atoms with van der Waals surface area (Å²) in [5, 5.41) is 0. The lowest BCUT2D eigenvalue weighted by Crippen LogP contribution is -2.35. The SMILES string of the molecule is CCC(=O)N1CCCc2ccccc2C1c1ccnc(Oc2cccnc2)c1. The molecule has 1 atom stereocenters. The van der Waals surface area contributed by atoms with E-state index in [9.17, 15) is 4.79 Å². The van der Waals surface area contributed by atoms with E-state index in [-0.39, 0.29) is 11.9 Å². The molecule has 5 nitrogen and oxygen atoms in total. The third-order valence-electron chi connectivity index (χ3n) is 5.06. The van der Waals surface area contributed by atoms with Crippen molar-refractivity contribution in [1.82, 2.24) is 14.9 Å². The zero-order valence-corrected chi connectivity index (χ0v) is 15.9. The Morgan fingerprint density at radius 3 is 2.89 bits per heavy atom. The summed E-state index contributed by atoms with van der Waals surface area (Å²) < 4.78 is 5.87. The molecule has 1 aliphatic heterocycles. The summed E-state index contributed by atoms with van der Waals surface area (Å²) in [5.41, 5.74) is 3.48. The van der Waals surface area contributed by atoms with Crippen molar-refractivity contribution in [2.45, 2.75) is 32.2 Å². The first-order valence-corrected chi connectivity index (χ1v) is 9.67. The highest BCUT2D eigenvalue weighted by Gasteiger charge is 2.30. The predicted octanol–water partition coefficient (Wildman–Crippen LogP) is 4.54. The third kappa shape index (κ3) is 3.74. The summed E-state index contributed by atoms with van der Waals surface area (Å²) in [6, 6.07) is 15.8. The number of nitrogens with zero attached hydrogens (tertiary/aromatic N) is 3. The van der Waals surface area contributed by atoms with Crippen molar-refractivity contribution in [3.8, 4) is 11.6 Å². The van der Waals surface area contributed by atoms with Crippen LogP contribution in [0.25, 0.3) is 0 Å². The lowest BCUT2D eigenvalue weighted by molar-refractivity contribution is -0.132. The molecule has 3 aromatic rings. The van der Waals surface area contributed by atoms with Crippen LogP contribution in [0.15, 0.2) is 67.1 Å². The van der Waals surface area contributed by atoms with Gasteiger partial charge in [0.25, 0.3) is 0 Å². The van der Waals surface area contributed by atoms with Crippen molar-refractivity contribution in [1.29, 1.82) is 0 Å². The topological polar surface area (TPSA) is 55.3 Å². The first-order valence-electron chi connectivity index (χ1n) is 9.67. The Balaban J connectivity index is 1.75. The Bertz CT molecular complexity index is 959. The van der Waals surface area contributed by atoms with Gasteiger partial charge in [-0.15, -0.1) is 0 Å². The van der Waals surface area contributed by atoms with E-state index in [1.807, 2.05) is 42.2 Å². The first-order chi connectivity index (χ1) is 13.8. The maximum atomic E-state index is 12.8. The highest BCUT2D eigenvalue weighted by Crippen LogP contribution is 2.36. The van der Waals surface area contributed by atoms with Gasteiger partial charge in [-0.25, -0.2) is 4.98 Å². The first kappa shape index (κ1) is 18.2. The summed E-state index contributed by atoms with van der Waals surface area (Å²) in [5.74, 6) is 1.29. The van der Waals surface area contributed by atoms with Gasteiger partial charge in [0.1, 0.15) is 5.75 Å². The van der Waals surface area contributed by atoms with Crippen LogP contribution < -0.4 is 4.74 Å². The maximum absolute atomic E-state index is 12.8. The molecule has 0 bridgehead atoms. The van der Waals surface area contributed by atoms with Crippen molar-refractivity contribution in [2.75, 3.05) is 6.54 Å². The van der Waals surface area contributed by atoms with Crippen molar-refractivity contribution < 1.29 is 9.53 Å². The minimum absolute atomic E-state index is 0.134. The smallest absolute Gasteiger partial charge is 0.223 e.